The molecule has 0 saturated carbocycles. The van der Waals surface area contributed by atoms with Crippen LogP contribution in [0.1, 0.15) is 0 Å². The molecule has 0 atom stereocenters. The average Bonchev–Trinajstić information content (AvgIpc) is 3.45. The molecule has 7 rings (SSSR count). The van der Waals surface area contributed by atoms with Crippen molar-refractivity contribution in [3.05, 3.63) is 133 Å². The molecule has 1 N–H and O–H groups in total. The van der Waals surface area contributed by atoms with Gasteiger partial charge in [0.1, 0.15) is 16.7 Å². The van der Waals surface area contributed by atoms with Crippen LogP contribution in [0.25, 0.3) is 55.7 Å². The standard InChI is InChI=1S/C32H22N6/c33-31-26-21-37(24-17-9-3-10-18-24)36-30(26)28-27(22-13-5-1-6-14-22)29(23-15-7-2-8-16-23)34-35-32(28)38(31)25-19-11-4-12-20-25/h1-21,33H. The molecular weight excluding hydrogens is 468 g/mol. The van der Waals surface area contributed by atoms with Gasteiger partial charge in [-0.25, -0.2) is 4.68 Å². The van der Waals surface area contributed by atoms with E-state index in [0.29, 0.717) is 16.7 Å². The summed E-state index contributed by atoms with van der Waals surface area (Å²) in [7, 11) is 0. The van der Waals surface area contributed by atoms with E-state index >= 15 is 0 Å². The van der Waals surface area contributed by atoms with Crippen LogP contribution in [0.2, 0.25) is 0 Å². The van der Waals surface area contributed by atoms with Gasteiger partial charge in [0.25, 0.3) is 0 Å². The molecule has 180 valence electrons. The smallest absolute Gasteiger partial charge is 0.171 e. The molecule has 0 bridgehead atoms. The maximum absolute atomic E-state index is 9.27. The number of pyridine rings is 1. The van der Waals surface area contributed by atoms with E-state index in [0.717, 1.165) is 44.5 Å². The molecule has 6 heteroatoms. The molecule has 3 aromatic heterocycles. The third-order valence-corrected chi connectivity index (χ3v) is 6.74. The van der Waals surface area contributed by atoms with Gasteiger partial charge in [-0.1, -0.05) is 97.1 Å². The predicted molar refractivity (Wildman–Crippen MR) is 150 cm³/mol. The fourth-order valence-electron chi connectivity index (χ4n) is 4.99. The SMILES string of the molecule is N=c1c2cn(-c3ccccc3)nc2c2c(-c3ccccc3)c(-c3ccccc3)nnc2n1-c1ccccc1. The van der Waals surface area contributed by atoms with Crippen molar-refractivity contribution < 1.29 is 0 Å². The lowest BCUT2D eigenvalue weighted by atomic mass is 9.96. The lowest BCUT2D eigenvalue weighted by Crippen LogP contribution is -2.20. The molecule has 4 aromatic carbocycles. The first-order valence-corrected chi connectivity index (χ1v) is 12.4. The van der Waals surface area contributed by atoms with Crippen molar-refractivity contribution in [2.75, 3.05) is 0 Å². The molecular formula is C32H22N6. The minimum Gasteiger partial charge on any atom is -0.283 e. The molecule has 0 spiro atoms. The highest BCUT2D eigenvalue weighted by atomic mass is 15.3. The second-order valence-electron chi connectivity index (χ2n) is 9.05. The summed E-state index contributed by atoms with van der Waals surface area (Å²) in [6.07, 6.45) is 1.93. The fourth-order valence-corrected chi connectivity index (χ4v) is 4.99. The number of benzene rings is 4. The Morgan fingerprint density at radius 2 is 1.13 bits per heavy atom. The lowest BCUT2D eigenvalue weighted by Gasteiger charge is -2.16. The summed E-state index contributed by atoms with van der Waals surface area (Å²) in [6, 6.07) is 40.2. The van der Waals surface area contributed by atoms with Gasteiger partial charge >= 0.3 is 0 Å². The monoisotopic (exact) mass is 490 g/mol. The molecule has 0 aliphatic carbocycles. The summed E-state index contributed by atoms with van der Waals surface area (Å²) in [5, 5.41) is 25.4. The number of hydrogen-bond acceptors (Lipinski definition) is 4. The van der Waals surface area contributed by atoms with E-state index in [9.17, 15) is 5.41 Å². The number of nitrogens with zero attached hydrogens (tertiary/aromatic N) is 5. The first-order chi connectivity index (χ1) is 18.8. The van der Waals surface area contributed by atoms with Gasteiger partial charge in [0, 0.05) is 23.0 Å². The van der Waals surface area contributed by atoms with Gasteiger partial charge in [0.2, 0.25) is 0 Å². The zero-order valence-electron chi connectivity index (χ0n) is 20.4. The van der Waals surface area contributed by atoms with E-state index in [1.54, 1.807) is 0 Å². The van der Waals surface area contributed by atoms with E-state index in [-0.39, 0.29) is 0 Å². The summed E-state index contributed by atoms with van der Waals surface area (Å²) in [6.45, 7) is 0. The molecule has 0 amide bonds. The highest BCUT2D eigenvalue weighted by molar-refractivity contribution is 6.13. The van der Waals surface area contributed by atoms with Gasteiger partial charge in [-0.3, -0.25) is 9.98 Å². The molecule has 0 fully saturated rings. The van der Waals surface area contributed by atoms with Gasteiger partial charge in [0.15, 0.2) is 5.65 Å². The molecule has 0 aliphatic rings. The molecule has 0 radical (unpaired) electrons. The first-order valence-electron chi connectivity index (χ1n) is 12.4. The van der Waals surface area contributed by atoms with Crippen LogP contribution in [0.15, 0.2) is 128 Å². The molecule has 6 nitrogen and oxygen atoms in total. The molecule has 38 heavy (non-hydrogen) atoms. The highest BCUT2D eigenvalue weighted by Crippen LogP contribution is 2.38. The quantitative estimate of drug-likeness (QED) is 0.303. The Labute approximate surface area is 218 Å². The molecule has 0 unspecified atom stereocenters. The highest BCUT2D eigenvalue weighted by Gasteiger charge is 2.23. The van der Waals surface area contributed by atoms with Crippen LogP contribution in [-0.2, 0) is 0 Å². The minimum atomic E-state index is 0.307. The number of nitrogens with one attached hydrogen (secondary N) is 1. The first kappa shape index (κ1) is 21.9. The Hall–Kier alpha value is -5.36. The van der Waals surface area contributed by atoms with Crippen LogP contribution in [0, 0.1) is 5.41 Å². The van der Waals surface area contributed by atoms with E-state index in [4.69, 9.17) is 15.3 Å². The van der Waals surface area contributed by atoms with E-state index in [1.807, 2.05) is 125 Å². The summed E-state index contributed by atoms with van der Waals surface area (Å²) >= 11 is 0. The third-order valence-electron chi connectivity index (χ3n) is 6.74. The Kier molecular flexibility index (Phi) is 5.15. The number of fused-ring (bicyclic) bond motifs is 3. The van der Waals surface area contributed by atoms with Gasteiger partial charge in [-0.15, -0.1) is 10.2 Å². The number of rotatable bonds is 4. The molecule has 0 saturated heterocycles. The van der Waals surface area contributed by atoms with Crippen LogP contribution >= 0.6 is 0 Å². The Balaban J connectivity index is 1.70. The van der Waals surface area contributed by atoms with Crippen molar-refractivity contribution in [3.8, 4) is 33.8 Å². The summed E-state index contributed by atoms with van der Waals surface area (Å²) in [5.74, 6) is 0. The van der Waals surface area contributed by atoms with E-state index in [1.165, 1.54) is 0 Å². The van der Waals surface area contributed by atoms with Gasteiger partial charge in [-0.2, -0.15) is 5.10 Å². The van der Waals surface area contributed by atoms with Crippen molar-refractivity contribution in [2.24, 2.45) is 0 Å². The van der Waals surface area contributed by atoms with E-state index in [2.05, 4.69) is 12.1 Å². The van der Waals surface area contributed by atoms with Crippen LogP contribution in [0.3, 0.4) is 0 Å². The minimum absolute atomic E-state index is 0.307. The Morgan fingerprint density at radius 1 is 0.579 bits per heavy atom. The van der Waals surface area contributed by atoms with Crippen molar-refractivity contribution in [1.29, 1.82) is 5.41 Å². The van der Waals surface area contributed by atoms with Crippen molar-refractivity contribution in [2.45, 2.75) is 0 Å². The average molecular weight is 491 g/mol. The summed E-state index contributed by atoms with van der Waals surface area (Å²) < 4.78 is 3.71. The number of aromatic nitrogens is 5. The normalized spacial score (nSPS) is 11.3. The maximum Gasteiger partial charge on any atom is 0.171 e. The summed E-state index contributed by atoms with van der Waals surface area (Å²) in [4.78, 5) is 0. The van der Waals surface area contributed by atoms with Crippen molar-refractivity contribution in [3.63, 3.8) is 0 Å². The van der Waals surface area contributed by atoms with Gasteiger partial charge in [-0.05, 0) is 29.8 Å². The van der Waals surface area contributed by atoms with Gasteiger partial charge < -0.3 is 0 Å². The number of para-hydroxylation sites is 2. The van der Waals surface area contributed by atoms with Gasteiger partial charge in [0.05, 0.1) is 16.5 Å². The van der Waals surface area contributed by atoms with Crippen LogP contribution in [0.5, 0.6) is 0 Å². The molecule has 3 heterocycles. The zero-order chi connectivity index (χ0) is 25.5. The maximum atomic E-state index is 9.27. The second-order valence-corrected chi connectivity index (χ2v) is 9.05. The Bertz CT molecular complexity index is 1960. The molecule has 7 aromatic rings. The largest absolute Gasteiger partial charge is 0.283 e. The predicted octanol–water partition coefficient (Wildman–Crippen LogP) is 6.57. The topological polar surface area (TPSA) is 72.4 Å². The second kappa shape index (κ2) is 8.94. The molecule has 0 aliphatic heterocycles. The van der Waals surface area contributed by atoms with Crippen molar-refractivity contribution >= 4 is 21.9 Å². The zero-order valence-corrected chi connectivity index (χ0v) is 20.4. The van der Waals surface area contributed by atoms with E-state index < -0.39 is 0 Å². The Morgan fingerprint density at radius 3 is 1.76 bits per heavy atom. The number of hydrogen-bond donors (Lipinski definition) is 1. The third kappa shape index (κ3) is 3.50. The fraction of sp³-hybridized carbons (Fsp3) is 0. The summed E-state index contributed by atoms with van der Waals surface area (Å²) in [5.41, 5.74) is 7.08. The lowest BCUT2D eigenvalue weighted by molar-refractivity contribution is 0.897. The van der Waals surface area contributed by atoms with Crippen LogP contribution in [0.4, 0.5) is 0 Å². The van der Waals surface area contributed by atoms with Crippen LogP contribution < -0.4 is 5.49 Å². The van der Waals surface area contributed by atoms with Crippen molar-refractivity contribution in [1.82, 2.24) is 24.5 Å². The van der Waals surface area contributed by atoms with Crippen LogP contribution in [-0.4, -0.2) is 24.5 Å².